The number of hydrogen-bond donors (Lipinski definition) is 2. The molecule has 0 aromatic rings. The minimum absolute atomic E-state index is 0. The van der Waals surface area contributed by atoms with Crippen molar-refractivity contribution < 1.29 is 9.53 Å². The predicted octanol–water partition coefficient (Wildman–Crippen LogP) is 1.48. The summed E-state index contributed by atoms with van der Waals surface area (Å²) >= 11 is 0. The van der Waals surface area contributed by atoms with Gasteiger partial charge in [-0.3, -0.25) is 4.79 Å². The van der Waals surface area contributed by atoms with E-state index in [0.29, 0.717) is 11.8 Å². The summed E-state index contributed by atoms with van der Waals surface area (Å²) in [7, 11) is 0. The van der Waals surface area contributed by atoms with Crippen molar-refractivity contribution in [3.05, 3.63) is 0 Å². The van der Waals surface area contributed by atoms with Crippen LogP contribution in [0.2, 0.25) is 0 Å². The summed E-state index contributed by atoms with van der Waals surface area (Å²) in [6.45, 7) is 5.49. The third-order valence-electron chi connectivity index (χ3n) is 3.82. The van der Waals surface area contributed by atoms with Crippen molar-refractivity contribution >= 4 is 18.3 Å². The predicted molar refractivity (Wildman–Crippen MR) is 74.1 cm³/mol. The first kappa shape index (κ1) is 15.7. The highest BCUT2D eigenvalue weighted by Gasteiger charge is 2.41. The topological polar surface area (TPSA) is 50.4 Å². The van der Waals surface area contributed by atoms with E-state index in [0.717, 1.165) is 26.2 Å². The smallest absolute Gasteiger partial charge is 0.222 e. The van der Waals surface area contributed by atoms with Gasteiger partial charge < -0.3 is 15.4 Å². The maximum absolute atomic E-state index is 11.8. The summed E-state index contributed by atoms with van der Waals surface area (Å²) < 4.78 is 5.52. The molecule has 1 aliphatic carbocycles. The van der Waals surface area contributed by atoms with E-state index in [1.165, 1.54) is 25.7 Å². The van der Waals surface area contributed by atoms with Crippen molar-refractivity contribution in [1.29, 1.82) is 0 Å². The fourth-order valence-corrected chi connectivity index (χ4v) is 2.54. The molecule has 2 N–H and O–H groups in total. The number of carbonyl (C=O) groups excluding carboxylic acids is 1. The molecular formula is C13H25ClN2O2. The lowest BCUT2D eigenvalue weighted by atomic mass is 10.0. The Balaban J connectivity index is 0.00000162. The third-order valence-corrected chi connectivity index (χ3v) is 3.82. The summed E-state index contributed by atoms with van der Waals surface area (Å²) in [5.41, 5.74) is 0.441. The van der Waals surface area contributed by atoms with Crippen LogP contribution >= 0.6 is 12.4 Å². The number of halogens is 1. The zero-order chi connectivity index (χ0) is 12.1. The molecule has 1 saturated carbocycles. The Hall–Kier alpha value is -0.320. The van der Waals surface area contributed by atoms with Gasteiger partial charge in [-0.1, -0.05) is 13.3 Å². The lowest BCUT2D eigenvalue weighted by Crippen LogP contribution is -2.42. The number of ether oxygens (including phenoxy) is 1. The van der Waals surface area contributed by atoms with E-state index < -0.39 is 0 Å². The molecule has 2 aliphatic rings. The standard InChI is InChI=1S/C13H24N2O2.ClH/c1-2-3-13(4-5-13)10-15-12(16)8-11-9-14-6-7-17-11;/h11,14H,2-10H2,1H3,(H,15,16);1H. The number of amides is 1. The van der Waals surface area contributed by atoms with Gasteiger partial charge in [-0.15, -0.1) is 12.4 Å². The summed E-state index contributed by atoms with van der Waals surface area (Å²) in [6, 6.07) is 0. The van der Waals surface area contributed by atoms with Gasteiger partial charge in [0.2, 0.25) is 5.91 Å². The second-order valence-corrected chi connectivity index (χ2v) is 5.43. The van der Waals surface area contributed by atoms with E-state index in [4.69, 9.17) is 4.74 Å². The van der Waals surface area contributed by atoms with Gasteiger partial charge in [0.05, 0.1) is 19.1 Å². The zero-order valence-electron chi connectivity index (χ0n) is 11.2. The number of nitrogens with one attached hydrogen (secondary N) is 2. The Morgan fingerprint density at radius 2 is 2.28 bits per heavy atom. The molecule has 0 bridgehead atoms. The summed E-state index contributed by atoms with van der Waals surface area (Å²) in [5, 5.41) is 6.31. The molecule has 106 valence electrons. The van der Waals surface area contributed by atoms with Gasteiger partial charge in [-0.05, 0) is 24.7 Å². The van der Waals surface area contributed by atoms with Gasteiger partial charge >= 0.3 is 0 Å². The van der Waals surface area contributed by atoms with Crippen LogP contribution in [0.15, 0.2) is 0 Å². The molecule has 1 aliphatic heterocycles. The fraction of sp³-hybridized carbons (Fsp3) is 0.923. The van der Waals surface area contributed by atoms with E-state index in [1.54, 1.807) is 0 Å². The van der Waals surface area contributed by atoms with Crippen LogP contribution in [0.1, 0.15) is 39.0 Å². The molecule has 2 rings (SSSR count). The van der Waals surface area contributed by atoms with Crippen LogP contribution in [0.3, 0.4) is 0 Å². The second-order valence-electron chi connectivity index (χ2n) is 5.43. The average molecular weight is 277 g/mol. The molecule has 5 heteroatoms. The van der Waals surface area contributed by atoms with Crippen molar-refractivity contribution in [2.45, 2.75) is 45.1 Å². The molecule has 2 fully saturated rings. The summed E-state index contributed by atoms with van der Waals surface area (Å²) in [6.07, 6.45) is 5.57. The van der Waals surface area contributed by atoms with Gasteiger partial charge in [-0.2, -0.15) is 0 Å². The monoisotopic (exact) mass is 276 g/mol. The van der Waals surface area contributed by atoms with Gasteiger partial charge in [-0.25, -0.2) is 0 Å². The Labute approximate surface area is 116 Å². The van der Waals surface area contributed by atoms with Crippen molar-refractivity contribution in [1.82, 2.24) is 10.6 Å². The Bertz CT molecular complexity index is 264. The molecule has 1 amide bonds. The van der Waals surface area contributed by atoms with Gasteiger partial charge in [0, 0.05) is 19.6 Å². The first-order valence-corrected chi connectivity index (χ1v) is 6.83. The van der Waals surface area contributed by atoms with E-state index in [1.807, 2.05) is 0 Å². The number of rotatable bonds is 6. The second kappa shape index (κ2) is 7.31. The first-order valence-electron chi connectivity index (χ1n) is 6.83. The number of carbonyl (C=O) groups is 1. The average Bonchev–Trinajstić information content (AvgIpc) is 3.09. The van der Waals surface area contributed by atoms with Gasteiger partial charge in [0.15, 0.2) is 0 Å². The number of morpholine rings is 1. The molecule has 1 atom stereocenters. The van der Waals surface area contributed by atoms with E-state index in [9.17, 15) is 4.79 Å². The SMILES string of the molecule is CCCC1(CNC(=O)CC2CNCCO2)CC1.Cl. The quantitative estimate of drug-likeness (QED) is 0.773. The van der Waals surface area contributed by atoms with E-state index >= 15 is 0 Å². The van der Waals surface area contributed by atoms with E-state index in [-0.39, 0.29) is 24.4 Å². The molecule has 4 nitrogen and oxygen atoms in total. The normalized spacial score (nSPS) is 25.1. The highest BCUT2D eigenvalue weighted by molar-refractivity contribution is 5.85. The Kier molecular flexibility index (Phi) is 6.39. The highest BCUT2D eigenvalue weighted by atomic mass is 35.5. The molecular weight excluding hydrogens is 252 g/mol. The largest absolute Gasteiger partial charge is 0.375 e. The third kappa shape index (κ3) is 4.75. The molecule has 0 aromatic carbocycles. The van der Waals surface area contributed by atoms with Crippen LogP contribution in [-0.2, 0) is 9.53 Å². The molecule has 18 heavy (non-hydrogen) atoms. The van der Waals surface area contributed by atoms with Gasteiger partial charge in [0.1, 0.15) is 0 Å². The fourth-order valence-electron chi connectivity index (χ4n) is 2.54. The van der Waals surface area contributed by atoms with Crippen LogP contribution in [-0.4, -0.2) is 38.3 Å². The summed E-state index contributed by atoms with van der Waals surface area (Å²) in [5.74, 6) is 0.140. The van der Waals surface area contributed by atoms with Crippen LogP contribution in [0.25, 0.3) is 0 Å². The first-order chi connectivity index (χ1) is 8.24. The summed E-state index contributed by atoms with van der Waals surface area (Å²) in [4.78, 5) is 11.8. The van der Waals surface area contributed by atoms with Crippen molar-refractivity contribution in [2.75, 3.05) is 26.2 Å². The Morgan fingerprint density at radius 1 is 1.50 bits per heavy atom. The molecule has 1 unspecified atom stereocenters. The molecule has 1 heterocycles. The lowest BCUT2D eigenvalue weighted by molar-refractivity contribution is -0.124. The lowest BCUT2D eigenvalue weighted by Gasteiger charge is -2.23. The zero-order valence-corrected chi connectivity index (χ0v) is 12.0. The maximum atomic E-state index is 11.8. The van der Waals surface area contributed by atoms with Crippen molar-refractivity contribution in [2.24, 2.45) is 5.41 Å². The van der Waals surface area contributed by atoms with Crippen LogP contribution < -0.4 is 10.6 Å². The molecule has 0 radical (unpaired) electrons. The maximum Gasteiger partial charge on any atom is 0.222 e. The minimum atomic E-state index is 0. The Morgan fingerprint density at radius 3 is 2.83 bits per heavy atom. The minimum Gasteiger partial charge on any atom is -0.375 e. The number of hydrogen-bond acceptors (Lipinski definition) is 3. The molecule has 0 spiro atoms. The van der Waals surface area contributed by atoms with Crippen LogP contribution in [0.5, 0.6) is 0 Å². The van der Waals surface area contributed by atoms with Crippen LogP contribution in [0, 0.1) is 5.41 Å². The van der Waals surface area contributed by atoms with Crippen molar-refractivity contribution in [3.63, 3.8) is 0 Å². The van der Waals surface area contributed by atoms with Gasteiger partial charge in [0.25, 0.3) is 0 Å². The van der Waals surface area contributed by atoms with Crippen LogP contribution in [0.4, 0.5) is 0 Å². The molecule has 0 aromatic heterocycles. The van der Waals surface area contributed by atoms with E-state index in [2.05, 4.69) is 17.6 Å². The van der Waals surface area contributed by atoms with Crippen molar-refractivity contribution in [3.8, 4) is 0 Å². The molecule has 1 saturated heterocycles. The highest BCUT2D eigenvalue weighted by Crippen LogP contribution is 2.48.